The number of rotatable bonds is 6. The van der Waals surface area contributed by atoms with Gasteiger partial charge in [0.05, 0.1) is 12.8 Å². The number of thioether (sulfide) groups is 1. The second-order valence-corrected chi connectivity index (χ2v) is 5.82. The SMILES string of the molecule is COC(=O)[C@H](C)Sc1nnc(CCN)n1-c1ccccc1F. The minimum Gasteiger partial charge on any atom is -0.468 e. The molecule has 2 aromatic rings. The minimum atomic E-state index is -0.481. The lowest BCUT2D eigenvalue weighted by Gasteiger charge is -2.12. The first-order chi connectivity index (χ1) is 10.6. The monoisotopic (exact) mass is 324 g/mol. The lowest BCUT2D eigenvalue weighted by molar-refractivity contribution is -0.139. The molecule has 1 aromatic carbocycles. The number of aromatic nitrogens is 3. The van der Waals surface area contributed by atoms with Crippen molar-refractivity contribution in [2.24, 2.45) is 5.73 Å². The van der Waals surface area contributed by atoms with Gasteiger partial charge in [0.1, 0.15) is 16.9 Å². The van der Waals surface area contributed by atoms with Gasteiger partial charge < -0.3 is 10.5 Å². The first-order valence-electron chi connectivity index (χ1n) is 6.72. The summed E-state index contributed by atoms with van der Waals surface area (Å²) in [6, 6.07) is 6.32. The van der Waals surface area contributed by atoms with Crippen molar-refractivity contribution in [1.29, 1.82) is 0 Å². The number of benzene rings is 1. The van der Waals surface area contributed by atoms with Crippen molar-refractivity contribution in [2.75, 3.05) is 13.7 Å². The van der Waals surface area contributed by atoms with E-state index in [1.807, 2.05) is 0 Å². The van der Waals surface area contributed by atoms with Crippen LogP contribution >= 0.6 is 11.8 Å². The topological polar surface area (TPSA) is 83.0 Å². The second-order valence-electron chi connectivity index (χ2n) is 4.51. The average Bonchev–Trinajstić information content (AvgIpc) is 2.90. The van der Waals surface area contributed by atoms with Gasteiger partial charge in [0.2, 0.25) is 0 Å². The molecule has 6 nitrogen and oxygen atoms in total. The van der Waals surface area contributed by atoms with Crippen LogP contribution in [0.5, 0.6) is 0 Å². The standard InChI is InChI=1S/C14H17FN4O2S/c1-9(13(20)21-2)22-14-18-17-12(7-8-16)19(14)11-6-4-3-5-10(11)15/h3-6,9H,7-8,16H2,1-2H3/t9-/m0/s1. The van der Waals surface area contributed by atoms with Crippen molar-refractivity contribution in [3.63, 3.8) is 0 Å². The molecule has 0 saturated carbocycles. The molecule has 0 bridgehead atoms. The van der Waals surface area contributed by atoms with E-state index < -0.39 is 11.1 Å². The van der Waals surface area contributed by atoms with Crippen LogP contribution in [0.1, 0.15) is 12.7 Å². The number of methoxy groups -OCH3 is 1. The van der Waals surface area contributed by atoms with Crippen LogP contribution in [0.2, 0.25) is 0 Å². The number of nitrogens with two attached hydrogens (primary N) is 1. The smallest absolute Gasteiger partial charge is 0.318 e. The van der Waals surface area contributed by atoms with Crippen molar-refractivity contribution < 1.29 is 13.9 Å². The maximum absolute atomic E-state index is 14.1. The summed E-state index contributed by atoms with van der Waals surface area (Å²) in [5, 5.41) is 8.05. The van der Waals surface area contributed by atoms with Crippen LogP contribution in [0.4, 0.5) is 4.39 Å². The quantitative estimate of drug-likeness (QED) is 0.641. The van der Waals surface area contributed by atoms with E-state index in [9.17, 15) is 9.18 Å². The predicted molar refractivity (Wildman–Crippen MR) is 81.4 cm³/mol. The third-order valence-corrected chi connectivity index (χ3v) is 4.00. The maximum Gasteiger partial charge on any atom is 0.318 e. The molecule has 22 heavy (non-hydrogen) atoms. The van der Waals surface area contributed by atoms with Gasteiger partial charge in [-0.15, -0.1) is 10.2 Å². The Labute approximate surface area is 131 Å². The highest BCUT2D eigenvalue weighted by atomic mass is 32.2. The first-order valence-corrected chi connectivity index (χ1v) is 7.60. The number of ether oxygens (including phenoxy) is 1. The number of esters is 1. The molecule has 0 radical (unpaired) electrons. The van der Waals surface area contributed by atoms with Crippen molar-refractivity contribution in [2.45, 2.75) is 23.8 Å². The van der Waals surface area contributed by atoms with E-state index in [2.05, 4.69) is 10.2 Å². The van der Waals surface area contributed by atoms with E-state index in [0.717, 1.165) is 11.8 Å². The zero-order valence-electron chi connectivity index (χ0n) is 12.3. The van der Waals surface area contributed by atoms with E-state index >= 15 is 0 Å². The Morgan fingerprint density at radius 3 is 2.82 bits per heavy atom. The van der Waals surface area contributed by atoms with Crippen molar-refractivity contribution in [3.05, 3.63) is 35.9 Å². The fourth-order valence-corrected chi connectivity index (χ4v) is 2.82. The van der Waals surface area contributed by atoms with Gasteiger partial charge in [-0.1, -0.05) is 23.9 Å². The first kappa shape index (κ1) is 16.4. The van der Waals surface area contributed by atoms with E-state index in [0.29, 0.717) is 29.6 Å². The summed E-state index contributed by atoms with van der Waals surface area (Å²) < 4.78 is 20.4. The molecule has 0 unspecified atom stereocenters. The van der Waals surface area contributed by atoms with Gasteiger partial charge in [-0.3, -0.25) is 9.36 Å². The average molecular weight is 324 g/mol. The highest BCUT2D eigenvalue weighted by Crippen LogP contribution is 2.27. The molecule has 1 heterocycles. The van der Waals surface area contributed by atoms with Crippen LogP contribution in [0.25, 0.3) is 5.69 Å². The molecule has 0 spiro atoms. The Balaban J connectivity index is 2.43. The van der Waals surface area contributed by atoms with E-state index in [-0.39, 0.29) is 5.97 Å². The number of carbonyl (C=O) groups is 1. The molecule has 0 aliphatic rings. The fourth-order valence-electron chi connectivity index (χ4n) is 1.91. The molecule has 118 valence electrons. The Morgan fingerprint density at radius 1 is 1.45 bits per heavy atom. The van der Waals surface area contributed by atoms with Crippen LogP contribution in [-0.2, 0) is 16.0 Å². The van der Waals surface area contributed by atoms with Gasteiger partial charge in [-0.25, -0.2) is 4.39 Å². The summed E-state index contributed by atoms with van der Waals surface area (Å²) in [6.07, 6.45) is 0.453. The Morgan fingerprint density at radius 2 is 2.18 bits per heavy atom. The molecule has 0 amide bonds. The second kappa shape index (κ2) is 7.37. The number of carbonyl (C=O) groups excluding carboxylic acids is 1. The minimum absolute atomic E-state index is 0.329. The number of para-hydroxylation sites is 1. The molecule has 2 N–H and O–H groups in total. The number of halogens is 1. The summed E-state index contributed by atoms with van der Waals surface area (Å²) >= 11 is 1.16. The molecule has 1 atom stereocenters. The maximum atomic E-state index is 14.1. The van der Waals surface area contributed by atoms with Crippen molar-refractivity contribution in [3.8, 4) is 5.69 Å². The van der Waals surface area contributed by atoms with Crippen molar-refractivity contribution >= 4 is 17.7 Å². The summed E-state index contributed by atoms with van der Waals surface area (Å²) in [5.74, 6) is -0.228. The van der Waals surface area contributed by atoms with Gasteiger partial charge in [0.25, 0.3) is 0 Å². The van der Waals surface area contributed by atoms with E-state index in [1.165, 1.54) is 13.2 Å². The number of hydrogen-bond acceptors (Lipinski definition) is 6. The van der Waals surface area contributed by atoms with Gasteiger partial charge in [-0.2, -0.15) is 0 Å². The lowest BCUT2D eigenvalue weighted by Crippen LogP contribution is -2.16. The highest BCUT2D eigenvalue weighted by Gasteiger charge is 2.22. The normalized spacial score (nSPS) is 12.2. The molecule has 0 fully saturated rings. The highest BCUT2D eigenvalue weighted by molar-refractivity contribution is 8.00. The third-order valence-electron chi connectivity index (χ3n) is 2.98. The van der Waals surface area contributed by atoms with Gasteiger partial charge in [0.15, 0.2) is 5.16 Å². The van der Waals surface area contributed by atoms with Gasteiger partial charge >= 0.3 is 5.97 Å². The zero-order valence-corrected chi connectivity index (χ0v) is 13.1. The Bertz CT molecular complexity index is 662. The molecule has 2 rings (SSSR count). The molecule has 1 aromatic heterocycles. The van der Waals surface area contributed by atoms with Gasteiger partial charge in [-0.05, 0) is 25.6 Å². The van der Waals surface area contributed by atoms with Crippen LogP contribution in [0.3, 0.4) is 0 Å². The Hall–Kier alpha value is -1.93. The molecule has 0 saturated heterocycles. The molecule has 8 heteroatoms. The summed E-state index contributed by atoms with van der Waals surface area (Å²) in [4.78, 5) is 11.6. The van der Waals surface area contributed by atoms with E-state index in [4.69, 9.17) is 10.5 Å². The predicted octanol–water partition coefficient (Wildman–Crippen LogP) is 1.56. The van der Waals surface area contributed by atoms with Crippen LogP contribution in [0, 0.1) is 5.82 Å². The summed E-state index contributed by atoms with van der Waals surface area (Å²) in [7, 11) is 1.32. The fraction of sp³-hybridized carbons (Fsp3) is 0.357. The Kier molecular flexibility index (Phi) is 5.51. The third kappa shape index (κ3) is 3.45. The van der Waals surface area contributed by atoms with Crippen LogP contribution in [-0.4, -0.2) is 39.6 Å². The molecular weight excluding hydrogens is 307 g/mol. The van der Waals surface area contributed by atoms with Crippen LogP contribution < -0.4 is 5.73 Å². The lowest BCUT2D eigenvalue weighted by atomic mass is 10.3. The molecular formula is C14H17FN4O2S. The largest absolute Gasteiger partial charge is 0.468 e. The molecule has 0 aliphatic heterocycles. The number of hydrogen-bond donors (Lipinski definition) is 1. The summed E-state index contributed by atoms with van der Waals surface area (Å²) in [5.41, 5.74) is 5.90. The molecule has 0 aliphatic carbocycles. The van der Waals surface area contributed by atoms with Crippen LogP contribution in [0.15, 0.2) is 29.4 Å². The van der Waals surface area contributed by atoms with Crippen molar-refractivity contribution in [1.82, 2.24) is 14.8 Å². The van der Waals surface area contributed by atoms with E-state index in [1.54, 1.807) is 29.7 Å². The summed E-state index contributed by atoms with van der Waals surface area (Å²) in [6.45, 7) is 2.06. The van der Waals surface area contributed by atoms with Gasteiger partial charge in [0, 0.05) is 6.42 Å². The number of nitrogens with zero attached hydrogens (tertiary/aromatic N) is 3. The zero-order chi connectivity index (χ0) is 16.1.